The summed E-state index contributed by atoms with van der Waals surface area (Å²) in [5, 5.41) is 19.1. The van der Waals surface area contributed by atoms with Gasteiger partial charge in [-0.05, 0) is 6.92 Å². The number of nitrogens with zero attached hydrogens (tertiary/aromatic N) is 2. The van der Waals surface area contributed by atoms with Gasteiger partial charge in [-0.25, -0.2) is 4.79 Å². The van der Waals surface area contributed by atoms with Gasteiger partial charge in [-0.15, -0.1) is 0 Å². The van der Waals surface area contributed by atoms with Gasteiger partial charge in [0.25, 0.3) is 11.2 Å². The van der Waals surface area contributed by atoms with Crippen molar-refractivity contribution in [2.24, 2.45) is 0 Å². The van der Waals surface area contributed by atoms with Crippen LogP contribution in [-0.2, 0) is 4.79 Å². The summed E-state index contributed by atoms with van der Waals surface area (Å²) in [7, 11) is 0. The van der Waals surface area contributed by atoms with E-state index < -0.39 is 22.5 Å². The molecule has 7 nitrogen and oxygen atoms in total. The molecular formula is C8H8N2O5. The number of pyridine rings is 1. The summed E-state index contributed by atoms with van der Waals surface area (Å²) < 4.78 is 0.806. The van der Waals surface area contributed by atoms with Crippen LogP contribution < -0.4 is 5.56 Å². The summed E-state index contributed by atoms with van der Waals surface area (Å²) in [5.74, 6) is -1.22. The van der Waals surface area contributed by atoms with Gasteiger partial charge < -0.3 is 5.11 Å². The van der Waals surface area contributed by atoms with E-state index in [0.29, 0.717) is 0 Å². The number of rotatable bonds is 3. The largest absolute Gasteiger partial charge is 0.480 e. The van der Waals surface area contributed by atoms with Gasteiger partial charge in [0.15, 0.2) is 0 Å². The van der Waals surface area contributed by atoms with E-state index in [1.807, 2.05) is 0 Å². The summed E-state index contributed by atoms with van der Waals surface area (Å²) >= 11 is 0. The number of carbonyl (C=O) groups is 1. The zero-order valence-electron chi connectivity index (χ0n) is 7.78. The number of aromatic nitrogens is 1. The van der Waals surface area contributed by atoms with Crippen LogP contribution in [0.2, 0.25) is 0 Å². The molecule has 1 unspecified atom stereocenters. The van der Waals surface area contributed by atoms with E-state index in [9.17, 15) is 19.7 Å². The highest BCUT2D eigenvalue weighted by molar-refractivity contribution is 5.71. The fraction of sp³-hybridized carbons (Fsp3) is 0.250. The molecule has 0 aliphatic rings. The molecule has 1 aromatic rings. The predicted octanol–water partition coefficient (Wildman–Crippen LogP) is 0.402. The second kappa shape index (κ2) is 3.91. The summed E-state index contributed by atoms with van der Waals surface area (Å²) in [4.78, 5) is 31.5. The Kier molecular flexibility index (Phi) is 2.84. The number of hydrogen-bond donors (Lipinski definition) is 1. The second-order valence-corrected chi connectivity index (χ2v) is 2.90. The summed E-state index contributed by atoms with van der Waals surface area (Å²) in [6.45, 7) is 1.27. The number of nitro groups is 1. The first-order valence-corrected chi connectivity index (χ1v) is 4.03. The molecule has 0 radical (unpaired) electrons. The maximum absolute atomic E-state index is 11.2. The second-order valence-electron chi connectivity index (χ2n) is 2.90. The summed E-state index contributed by atoms with van der Waals surface area (Å²) in [6.07, 6.45) is 0.918. The number of aliphatic carboxylic acids is 1. The lowest BCUT2D eigenvalue weighted by Gasteiger charge is -2.08. The van der Waals surface area contributed by atoms with Gasteiger partial charge in [0.1, 0.15) is 6.04 Å². The Hall–Kier alpha value is -2.18. The summed E-state index contributed by atoms with van der Waals surface area (Å²) in [6, 6.07) is 0.878. The van der Waals surface area contributed by atoms with Crippen molar-refractivity contribution in [2.75, 3.05) is 0 Å². The number of carboxylic acids is 1. The molecule has 0 spiro atoms. The lowest BCUT2D eigenvalue weighted by atomic mass is 10.3. The smallest absolute Gasteiger partial charge is 0.326 e. The van der Waals surface area contributed by atoms with E-state index in [1.165, 1.54) is 6.92 Å². The van der Waals surface area contributed by atoms with Crippen molar-refractivity contribution in [3.63, 3.8) is 0 Å². The van der Waals surface area contributed by atoms with Crippen LogP contribution in [0.4, 0.5) is 5.69 Å². The molecule has 7 heteroatoms. The molecule has 0 bridgehead atoms. The Morgan fingerprint density at radius 2 is 2.20 bits per heavy atom. The third-order valence-electron chi connectivity index (χ3n) is 1.91. The van der Waals surface area contributed by atoms with E-state index >= 15 is 0 Å². The minimum absolute atomic E-state index is 0.317. The van der Waals surface area contributed by atoms with Crippen molar-refractivity contribution in [1.29, 1.82) is 0 Å². The van der Waals surface area contributed by atoms with Crippen molar-refractivity contribution in [2.45, 2.75) is 13.0 Å². The van der Waals surface area contributed by atoms with Crippen LogP contribution in [0.15, 0.2) is 23.1 Å². The van der Waals surface area contributed by atoms with Crippen LogP contribution in [0.1, 0.15) is 13.0 Å². The molecule has 1 aromatic heterocycles. The summed E-state index contributed by atoms with van der Waals surface area (Å²) in [5.41, 5.74) is -0.904. The number of carboxylic acid groups (broad SMARTS) is 1. The Morgan fingerprint density at radius 1 is 1.60 bits per heavy atom. The monoisotopic (exact) mass is 212 g/mol. The van der Waals surface area contributed by atoms with Gasteiger partial charge in [0.2, 0.25) is 0 Å². The molecule has 0 saturated carbocycles. The minimum Gasteiger partial charge on any atom is -0.480 e. The molecule has 1 rings (SSSR count). The first-order chi connectivity index (χ1) is 6.93. The van der Waals surface area contributed by atoms with Gasteiger partial charge in [-0.1, -0.05) is 0 Å². The van der Waals surface area contributed by atoms with Crippen LogP contribution in [0.5, 0.6) is 0 Å². The van der Waals surface area contributed by atoms with Crippen LogP contribution in [0.25, 0.3) is 0 Å². The fourth-order valence-corrected chi connectivity index (χ4v) is 1.02. The predicted molar refractivity (Wildman–Crippen MR) is 49.7 cm³/mol. The molecule has 0 fully saturated rings. The van der Waals surface area contributed by atoms with E-state index in [1.54, 1.807) is 0 Å². The van der Waals surface area contributed by atoms with Crippen LogP contribution in [0, 0.1) is 10.1 Å². The van der Waals surface area contributed by atoms with E-state index in [0.717, 1.165) is 22.9 Å². The third kappa shape index (κ3) is 2.19. The average Bonchev–Trinajstić information content (AvgIpc) is 2.16. The van der Waals surface area contributed by atoms with Gasteiger partial charge in [0.05, 0.1) is 11.1 Å². The standard InChI is InChI=1S/C8H8N2O5/c1-5(8(12)13)9-4-6(10(14)15)2-3-7(9)11/h2-5H,1H3,(H,12,13). The van der Waals surface area contributed by atoms with Crippen LogP contribution in [0.3, 0.4) is 0 Å². The molecule has 0 saturated heterocycles. The zero-order chi connectivity index (χ0) is 11.6. The molecular weight excluding hydrogens is 204 g/mol. The first kappa shape index (κ1) is 10.9. The number of hydrogen-bond acceptors (Lipinski definition) is 4. The molecule has 0 aliphatic heterocycles. The topological polar surface area (TPSA) is 102 Å². The van der Waals surface area contributed by atoms with Crippen molar-refractivity contribution in [1.82, 2.24) is 4.57 Å². The molecule has 1 heterocycles. The van der Waals surface area contributed by atoms with Crippen molar-refractivity contribution >= 4 is 11.7 Å². The van der Waals surface area contributed by atoms with Crippen LogP contribution >= 0.6 is 0 Å². The molecule has 15 heavy (non-hydrogen) atoms. The van der Waals surface area contributed by atoms with Crippen molar-refractivity contribution in [3.05, 3.63) is 38.8 Å². The Balaban J connectivity index is 3.28. The molecule has 0 amide bonds. The van der Waals surface area contributed by atoms with Crippen molar-refractivity contribution < 1.29 is 14.8 Å². The molecule has 1 atom stereocenters. The fourth-order valence-electron chi connectivity index (χ4n) is 1.02. The van der Waals surface area contributed by atoms with E-state index in [2.05, 4.69) is 0 Å². The Morgan fingerprint density at radius 3 is 2.67 bits per heavy atom. The lowest BCUT2D eigenvalue weighted by molar-refractivity contribution is -0.385. The SMILES string of the molecule is CC(C(=O)O)n1cc([N+](=O)[O-])ccc1=O. The average molecular weight is 212 g/mol. The maximum Gasteiger partial charge on any atom is 0.326 e. The highest BCUT2D eigenvalue weighted by atomic mass is 16.6. The van der Waals surface area contributed by atoms with E-state index in [-0.39, 0.29) is 5.69 Å². The zero-order valence-corrected chi connectivity index (χ0v) is 7.78. The highest BCUT2D eigenvalue weighted by Gasteiger charge is 2.17. The quantitative estimate of drug-likeness (QED) is 0.577. The van der Waals surface area contributed by atoms with Gasteiger partial charge in [-0.3, -0.25) is 19.5 Å². The molecule has 0 aliphatic carbocycles. The maximum atomic E-state index is 11.2. The highest BCUT2D eigenvalue weighted by Crippen LogP contribution is 2.10. The van der Waals surface area contributed by atoms with Crippen molar-refractivity contribution in [3.8, 4) is 0 Å². The lowest BCUT2D eigenvalue weighted by Crippen LogP contribution is -2.27. The normalized spacial score (nSPS) is 12.1. The van der Waals surface area contributed by atoms with Gasteiger partial charge in [-0.2, -0.15) is 0 Å². The molecule has 1 N–H and O–H groups in total. The van der Waals surface area contributed by atoms with Gasteiger partial charge >= 0.3 is 5.97 Å². The molecule has 80 valence electrons. The third-order valence-corrected chi connectivity index (χ3v) is 1.91. The Labute approximate surface area is 83.7 Å². The van der Waals surface area contributed by atoms with Gasteiger partial charge in [0, 0.05) is 12.1 Å². The van der Waals surface area contributed by atoms with Crippen LogP contribution in [-0.4, -0.2) is 20.6 Å². The Bertz CT molecular complexity index is 464. The van der Waals surface area contributed by atoms with E-state index in [4.69, 9.17) is 5.11 Å². The minimum atomic E-state index is -1.22. The first-order valence-electron chi connectivity index (χ1n) is 4.03. The molecule has 0 aromatic carbocycles.